The second-order valence-electron chi connectivity index (χ2n) is 17.2. The van der Waals surface area contributed by atoms with Crippen molar-refractivity contribution in [2.45, 2.75) is 145 Å². The topological polar surface area (TPSA) is 100 Å². The van der Waals surface area contributed by atoms with Crippen LogP contribution in [0.25, 0.3) is 0 Å². The standard InChI is InChI=1S/C45H60O10Si/c1-45(2,3)56(5,6)55-41-25-40-43(29-50-44(54-40)32-17-19-33(47-4)20-18-32)53-39(41)23-36-34(46)21-22-35-38(52-36)24-37(49-27-31-15-11-8-12-16-31)42(51-35)28-48-26-30-13-9-7-10-14-30/h7-20,35-44H,21-29H2,1-6H3/t35-,36-,37-,38+,39+,40+,41-,42+,43-,44-/m1/s1. The van der Waals surface area contributed by atoms with Crippen LogP contribution in [0.3, 0.4) is 0 Å². The molecule has 10 nitrogen and oxygen atoms in total. The van der Waals surface area contributed by atoms with Gasteiger partial charge in [0.05, 0.1) is 70.2 Å². The van der Waals surface area contributed by atoms with Gasteiger partial charge in [-0.1, -0.05) is 93.6 Å². The summed E-state index contributed by atoms with van der Waals surface area (Å²) in [7, 11) is -0.593. The third-order valence-corrected chi connectivity index (χ3v) is 16.7. The lowest BCUT2D eigenvalue weighted by Crippen LogP contribution is -2.58. The van der Waals surface area contributed by atoms with Crippen LogP contribution in [-0.2, 0) is 55.6 Å². The number of ether oxygens (including phenoxy) is 8. The van der Waals surface area contributed by atoms with Gasteiger partial charge in [-0.2, -0.15) is 0 Å². The molecular weight excluding hydrogens is 729 g/mol. The number of methoxy groups -OCH3 is 1. The third-order valence-electron chi connectivity index (χ3n) is 12.2. The lowest BCUT2D eigenvalue weighted by atomic mass is 9.92. The number of fused-ring (bicyclic) bond motifs is 2. The monoisotopic (exact) mass is 788 g/mol. The molecule has 0 saturated carbocycles. The van der Waals surface area contributed by atoms with E-state index in [0.717, 1.165) is 22.4 Å². The Kier molecular flexibility index (Phi) is 13.5. The maximum Gasteiger partial charge on any atom is 0.192 e. The van der Waals surface area contributed by atoms with Crippen LogP contribution in [0, 0.1) is 0 Å². The molecule has 4 heterocycles. The minimum Gasteiger partial charge on any atom is -0.497 e. The summed E-state index contributed by atoms with van der Waals surface area (Å²) >= 11 is 0. The van der Waals surface area contributed by atoms with E-state index in [9.17, 15) is 4.79 Å². The Morgan fingerprint density at radius 3 is 2.05 bits per heavy atom. The van der Waals surface area contributed by atoms with Gasteiger partial charge in [0.15, 0.2) is 20.4 Å². The van der Waals surface area contributed by atoms with Crippen LogP contribution >= 0.6 is 0 Å². The molecule has 3 aromatic carbocycles. The summed E-state index contributed by atoms with van der Waals surface area (Å²) in [4.78, 5) is 13.9. The molecule has 0 bridgehead atoms. The van der Waals surface area contributed by atoms with E-state index < -0.39 is 20.7 Å². The van der Waals surface area contributed by atoms with Crippen molar-refractivity contribution in [3.8, 4) is 5.75 Å². The van der Waals surface area contributed by atoms with E-state index in [0.29, 0.717) is 58.5 Å². The van der Waals surface area contributed by atoms with Crippen molar-refractivity contribution in [1.29, 1.82) is 0 Å². The predicted molar refractivity (Wildman–Crippen MR) is 214 cm³/mol. The van der Waals surface area contributed by atoms with E-state index in [1.54, 1.807) is 7.11 Å². The highest BCUT2D eigenvalue weighted by Gasteiger charge is 2.50. The number of carbonyl (C=O) groups excluding carboxylic acids is 1. The zero-order chi connectivity index (χ0) is 39.3. The highest BCUT2D eigenvalue weighted by molar-refractivity contribution is 6.74. The summed E-state index contributed by atoms with van der Waals surface area (Å²) in [6, 6.07) is 28.0. The Labute approximate surface area is 333 Å². The van der Waals surface area contributed by atoms with Gasteiger partial charge in [0, 0.05) is 31.2 Å². The van der Waals surface area contributed by atoms with Gasteiger partial charge in [0.1, 0.15) is 24.1 Å². The van der Waals surface area contributed by atoms with Crippen LogP contribution in [0.4, 0.5) is 0 Å². The van der Waals surface area contributed by atoms with Crippen molar-refractivity contribution >= 4 is 14.1 Å². The van der Waals surface area contributed by atoms with Gasteiger partial charge in [-0.15, -0.1) is 0 Å². The van der Waals surface area contributed by atoms with Crippen LogP contribution < -0.4 is 4.74 Å². The smallest absolute Gasteiger partial charge is 0.192 e. The van der Waals surface area contributed by atoms with E-state index in [1.165, 1.54) is 0 Å². The summed E-state index contributed by atoms with van der Waals surface area (Å²) in [6.45, 7) is 12.9. The van der Waals surface area contributed by atoms with E-state index in [-0.39, 0.29) is 59.7 Å². The van der Waals surface area contributed by atoms with E-state index in [2.05, 4.69) is 58.1 Å². The Bertz CT molecular complexity index is 1680. The number of Topliss-reactive ketones (excluding diaryl/α,β-unsaturated/α-hetero) is 1. The van der Waals surface area contributed by atoms with Crippen LogP contribution in [0.5, 0.6) is 5.75 Å². The van der Waals surface area contributed by atoms with Gasteiger partial charge < -0.3 is 42.3 Å². The first-order valence-corrected chi connectivity index (χ1v) is 23.2. The van der Waals surface area contributed by atoms with Gasteiger partial charge in [-0.3, -0.25) is 4.79 Å². The fourth-order valence-electron chi connectivity index (χ4n) is 7.85. The Balaban J connectivity index is 1.05. The molecule has 11 heteroatoms. The maximum absolute atomic E-state index is 13.9. The van der Waals surface area contributed by atoms with Gasteiger partial charge in [0.2, 0.25) is 0 Å². The molecular formula is C45H60O10Si. The molecule has 10 atom stereocenters. The highest BCUT2D eigenvalue weighted by Crippen LogP contribution is 2.43. The van der Waals surface area contributed by atoms with Gasteiger partial charge >= 0.3 is 0 Å². The molecule has 0 unspecified atom stereocenters. The number of benzene rings is 3. The first-order valence-electron chi connectivity index (χ1n) is 20.3. The molecule has 56 heavy (non-hydrogen) atoms. The first-order chi connectivity index (χ1) is 27.0. The first kappa shape index (κ1) is 41.2. The number of ketones is 1. The van der Waals surface area contributed by atoms with Crippen LogP contribution in [0.1, 0.15) is 75.9 Å². The molecule has 0 N–H and O–H groups in total. The lowest BCUT2D eigenvalue weighted by molar-refractivity contribution is -0.303. The summed E-state index contributed by atoms with van der Waals surface area (Å²) in [6.07, 6.45) is -0.977. The summed E-state index contributed by atoms with van der Waals surface area (Å²) in [5, 5.41) is -0.0199. The average Bonchev–Trinajstić information content (AvgIpc) is 3.34. The summed E-state index contributed by atoms with van der Waals surface area (Å²) < 4.78 is 58.4. The zero-order valence-electron chi connectivity index (χ0n) is 33.8. The average molecular weight is 789 g/mol. The summed E-state index contributed by atoms with van der Waals surface area (Å²) in [5.41, 5.74) is 3.11. The fraction of sp³-hybridized carbons (Fsp3) is 0.578. The zero-order valence-corrected chi connectivity index (χ0v) is 34.8. The van der Waals surface area contributed by atoms with Crippen LogP contribution in [0.15, 0.2) is 84.9 Å². The van der Waals surface area contributed by atoms with Gasteiger partial charge in [-0.05, 0) is 47.8 Å². The maximum atomic E-state index is 13.9. The molecule has 3 aromatic rings. The van der Waals surface area contributed by atoms with Crippen molar-refractivity contribution in [3.05, 3.63) is 102 Å². The molecule has 7 rings (SSSR count). The Morgan fingerprint density at radius 1 is 0.732 bits per heavy atom. The van der Waals surface area contributed by atoms with Crippen molar-refractivity contribution in [3.63, 3.8) is 0 Å². The second-order valence-corrected chi connectivity index (χ2v) is 21.9. The molecule has 4 fully saturated rings. The van der Waals surface area contributed by atoms with Crippen molar-refractivity contribution in [1.82, 2.24) is 0 Å². The van der Waals surface area contributed by atoms with E-state index >= 15 is 0 Å². The molecule has 0 radical (unpaired) electrons. The van der Waals surface area contributed by atoms with Crippen molar-refractivity contribution in [2.24, 2.45) is 0 Å². The molecule has 0 aromatic heterocycles. The van der Waals surface area contributed by atoms with E-state index in [4.69, 9.17) is 42.3 Å². The van der Waals surface area contributed by atoms with Gasteiger partial charge in [-0.25, -0.2) is 0 Å². The number of carbonyl (C=O) groups is 1. The molecule has 0 spiro atoms. The lowest BCUT2D eigenvalue weighted by Gasteiger charge is -2.49. The molecule has 0 amide bonds. The number of hydrogen-bond acceptors (Lipinski definition) is 10. The Hall–Kier alpha value is -2.97. The SMILES string of the molecule is COc1ccc([C@@H]2OC[C@H]3O[C@@H](C[C@H]4O[C@H]5C[C@@H](OCc6ccccc6)[C@H](COCc6ccccc6)O[C@@H]5CCC4=O)[C@H](O[Si](C)(C)C(C)(C)C)C[C@@H]3O2)cc1. The van der Waals surface area contributed by atoms with Crippen molar-refractivity contribution < 1.29 is 47.1 Å². The third kappa shape index (κ3) is 10.2. The van der Waals surface area contributed by atoms with Crippen LogP contribution in [-0.4, -0.2) is 89.4 Å². The molecule has 4 aliphatic heterocycles. The van der Waals surface area contributed by atoms with Gasteiger partial charge in [0.25, 0.3) is 0 Å². The fourth-order valence-corrected chi connectivity index (χ4v) is 9.21. The largest absolute Gasteiger partial charge is 0.497 e. The summed E-state index contributed by atoms with van der Waals surface area (Å²) in [5.74, 6) is 0.840. The number of hydrogen-bond donors (Lipinski definition) is 0. The number of rotatable bonds is 13. The van der Waals surface area contributed by atoms with E-state index in [1.807, 2.05) is 60.7 Å². The highest BCUT2D eigenvalue weighted by atomic mass is 28.4. The second kappa shape index (κ2) is 18.3. The minimum absolute atomic E-state index is 0.0199. The predicted octanol–water partition coefficient (Wildman–Crippen LogP) is 8.12. The minimum atomic E-state index is -2.24. The van der Waals surface area contributed by atoms with Crippen molar-refractivity contribution in [2.75, 3.05) is 20.3 Å². The molecule has 4 aliphatic rings. The molecule has 4 saturated heterocycles. The molecule has 304 valence electrons. The molecule has 0 aliphatic carbocycles. The normalized spacial score (nSPS) is 31.2. The van der Waals surface area contributed by atoms with Crippen LogP contribution in [0.2, 0.25) is 18.1 Å². The Morgan fingerprint density at radius 2 is 1.38 bits per heavy atom. The quantitative estimate of drug-likeness (QED) is 0.158.